The molecule has 0 bridgehead atoms. The maximum absolute atomic E-state index is 12.6. The van der Waals surface area contributed by atoms with Gasteiger partial charge in [0.25, 0.3) is 17.2 Å². The van der Waals surface area contributed by atoms with Crippen LogP contribution >= 0.6 is 0 Å². The van der Waals surface area contributed by atoms with Crippen molar-refractivity contribution in [2.45, 2.75) is 37.9 Å². The van der Waals surface area contributed by atoms with Crippen LogP contribution in [0.2, 0.25) is 0 Å². The zero-order chi connectivity index (χ0) is 32.4. The number of aromatic amines is 1. The Kier molecular flexibility index (Phi) is 8.36. The Hall–Kier alpha value is -5.75. The summed E-state index contributed by atoms with van der Waals surface area (Å²) in [5.41, 5.74) is -0.852. The van der Waals surface area contributed by atoms with Gasteiger partial charge in [-0.3, -0.25) is 34.6 Å². The Morgan fingerprint density at radius 2 is 2.00 bits per heavy atom. The van der Waals surface area contributed by atoms with Gasteiger partial charge in [-0.2, -0.15) is 4.98 Å². The third-order valence-electron chi connectivity index (χ3n) is 7.11. The molecule has 2 aliphatic rings. The van der Waals surface area contributed by atoms with E-state index in [1.807, 2.05) is 0 Å². The number of nitro benzene ring substituents is 1. The molecule has 3 N–H and O–H groups in total. The minimum absolute atomic E-state index is 0.0232. The van der Waals surface area contributed by atoms with E-state index in [0.717, 1.165) is 0 Å². The lowest BCUT2D eigenvalue weighted by Gasteiger charge is -2.17. The largest absolute Gasteiger partial charge is 0.508 e. The van der Waals surface area contributed by atoms with Gasteiger partial charge in [-0.25, -0.2) is 9.78 Å². The van der Waals surface area contributed by atoms with Crippen LogP contribution in [0.1, 0.15) is 31.2 Å². The zero-order valence-electron chi connectivity index (χ0n) is 24.0. The van der Waals surface area contributed by atoms with Crippen molar-refractivity contribution < 1.29 is 48.0 Å². The van der Waals surface area contributed by atoms with Crippen LogP contribution in [0.15, 0.2) is 53.6 Å². The predicted octanol–water partition coefficient (Wildman–Crippen LogP) is 2.34. The molecule has 6 rings (SSSR count). The van der Waals surface area contributed by atoms with E-state index in [-0.39, 0.29) is 59.7 Å². The van der Waals surface area contributed by atoms with E-state index in [4.69, 9.17) is 28.4 Å². The first-order valence-electron chi connectivity index (χ1n) is 13.9. The van der Waals surface area contributed by atoms with Gasteiger partial charge >= 0.3 is 6.16 Å². The van der Waals surface area contributed by atoms with Crippen LogP contribution < -0.4 is 25.1 Å². The summed E-state index contributed by atoms with van der Waals surface area (Å²) in [4.78, 5) is 59.2. The first-order valence-corrected chi connectivity index (χ1v) is 13.9. The number of aliphatic hydroxyl groups excluding tert-OH is 1. The van der Waals surface area contributed by atoms with Crippen LogP contribution in [0, 0.1) is 10.1 Å². The number of para-hydroxylation sites is 1. The number of benzene rings is 2. The molecule has 1 saturated heterocycles. The van der Waals surface area contributed by atoms with Crippen molar-refractivity contribution >= 4 is 34.9 Å². The number of aromatic nitrogens is 4. The molecule has 1 amide bonds. The van der Waals surface area contributed by atoms with Crippen molar-refractivity contribution in [3.8, 4) is 17.2 Å². The average molecular weight is 639 g/mol. The molecular formula is C28H26N6O12. The number of nitrogens with zero attached hydrogens (tertiary/aromatic N) is 4. The molecule has 4 aromatic rings. The second kappa shape index (κ2) is 12.7. The number of anilines is 1. The van der Waals surface area contributed by atoms with Crippen LogP contribution in [-0.2, 0) is 19.0 Å². The maximum atomic E-state index is 12.6. The summed E-state index contributed by atoms with van der Waals surface area (Å²) >= 11 is 0. The van der Waals surface area contributed by atoms with Crippen LogP contribution in [0.5, 0.6) is 17.2 Å². The zero-order valence-corrected chi connectivity index (χ0v) is 24.0. The van der Waals surface area contributed by atoms with Gasteiger partial charge in [-0.05, 0) is 25.1 Å². The Balaban J connectivity index is 1.07. The Labute approximate surface area is 257 Å². The van der Waals surface area contributed by atoms with E-state index >= 15 is 0 Å². The summed E-state index contributed by atoms with van der Waals surface area (Å²) in [7, 11) is 0. The molecule has 2 aromatic carbocycles. The SMILES string of the molecule is CC(OC(=O)OC[C@H]1O[C@@H](n2cnc3c(=O)[nH]c(NC(=O)COc4ccccc4)nc32)C[C@@H]1O)c1cc2c(cc1[N+](=O)[O-])OCO2. The van der Waals surface area contributed by atoms with Crippen LogP contribution in [0.25, 0.3) is 11.2 Å². The number of nitrogens with one attached hydrogen (secondary N) is 2. The highest BCUT2D eigenvalue weighted by atomic mass is 16.7. The summed E-state index contributed by atoms with van der Waals surface area (Å²) in [5.74, 6) is 0.232. The molecule has 2 aromatic heterocycles. The summed E-state index contributed by atoms with van der Waals surface area (Å²) in [5, 5.41) is 24.6. The molecule has 4 atom stereocenters. The Morgan fingerprint density at radius 1 is 1.24 bits per heavy atom. The summed E-state index contributed by atoms with van der Waals surface area (Å²) in [6.45, 7) is 0.575. The number of fused-ring (bicyclic) bond motifs is 2. The number of hydrogen-bond acceptors (Lipinski definition) is 14. The van der Waals surface area contributed by atoms with Crippen molar-refractivity contribution in [3.05, 3.63) is 74.8 Å². The van der Waals surface area contributed by atoms with Crippen LogP contribution in [0.4, 0.5) is 16.4 Å². The average Bonchev–Trinajstić information content (AvgIpc) is 3.77. The van der Waals surface area contributed by atoms with Gasteiger partial charge < -0.3 is 33.5 Å². The molecule has 1 unspecified atom stereocenters. The molecule has 0 aliphatic carbocycles. The van der Waals surface area contributed by atoms with Crippen molar-refractivity contribution in [3.63, 3.8) is 0 Å². The number of nitro groups is 1. The molecule has 0 radical (unpaired) electrons. The molecule has 18 nitrogen and oxygen atoms in total. The minimum Gasteiger partial charge on any atom is -0.484 e. The van der Waals surface area contributed by atoms with Gasteiger partial charge in [0, 0.05) is 6.42 Å². The second-order valence-electron chi connectivity index (χ2n) is 10.2. The summed E-state index contributed by atoms with van der Waals surface area (Å²) in [6, 6.07) is 11.2. The summed E-state index contributed by atoms with van der Waals surface area (Å²) in [6.07, 6.45) is -3.89. The Morgan fingerprint density at radius 3 is 2.76 bits per heavy atom. The van der Waals surface area contributed by atoms with Crippen molar-refractivity contribution in [1.29, 1.82) is 0 Å². The maximum Gasteiger partial charge on any atom is 0.508 e. The van der Waals surface area contributed by atoms with E-state index in [2.05, 4.69) is 20.3 Å². The second-order valence-corrected chi connectivity index (χ2v) is 10.2. The lowest BCUT2D eigenvalue weighted by atomic mass is 10.1. The third kappa shape index (κ3) is 6.37. The quantitative estimate of drug-likeness (QED) is 0.129. The van der Waals surface area contributed by atoms with Gasteiger partial charge in [-0.1, -0.05) is 18.2 Å². The molecule has 2 aliphatic heterocycles. The van der Waals surface area contributed by atoms with Gasteiger partial charge in [0.2, 0.25) is 12.7 Å². The smallest absolute Gasteiger partial charge is 0.484 e. The lowest BCUT2D eigenvalue weighted by Crippen LogP contribution is -2.28. The molecule has 1 fully saturated rings. The minimum atomic E-state index is -1.16. The number of imidazole rings is 1. The van der Waals surface area contributed by atoms with Gasteiger partial charge in [-0.15, -0.1) is 0 Å². The number of carbonyl (C=O) groups excluding carboxylic acids is 2. The highest BCUT2D eigenvalue weighted by Gasteiger charge is 2.37. The van der Waals surface area contributed by atoms with E-state index in [1.165, 1.54) is 30.0 Å². The number of rotatable bonds is 10. The van der Waals surface area contributed by atoms with Gasteiger partial charge in [0.1, 0.15) is 30.8 Å². The fraction of sp³-hybridized carbons (Fsp3) is 0.321. The van der Waals surface area contributed by atoms with Crippen LogP contribution in [0.3, 0.4) is 0 Å². The van der Waals surface area contributed by atoms with E-state index in [9.17, 15) is 29.6 Å². The summed E-state index contributed by atoms with van der Waals surface area (Å²) < 4.78 is 33.5. The number of ether oxygens (including phenoxy) is 6. The van der Waals surface area contributed by atoms with Gasteiger partial charge in [0.15, 0.2) is 29.3 Å². The predicted molar refractivity (Wildman–Crippen MR) is 153 cm³/mol. The number of amides is 1. The molecule has 0 spiro atoms. The number of H-pyrrole nitrogens is 1. The fourth-order valence-corrected chi connectivity index (χ4v) is 4.89. The monoisotopic (exact) mass is 638 g/mol. The van der Waals surface area contributed by atoms with Crippen molar-refractivity contribution in [2.24, 2.45) is 0 Å². The van der Waals surface area contributed by atoms with Crippen molar-refractivity contribution in [2.75, 3.05) is 25.3 Å². The van der Waals surface area contributed by atoms with E-state index in [0.29, 0.717) is 5.75 Å². The molecule has 4 heterocycles. The lowest BCUT2D eigenvalue weighted by molar-refractivity contribution is -0.386. The molecule has 240 valence electrons. The number of aliphatic hydroxyl groups is 1. The highest BCUT2D eigenvalue weighted by Crippen LogP contribution is 2.41. The Bertz CT molecular complexity index is 1840. The number of hydrogen-bond donors (Lipinski definition) is 3. The standard InChI is InChI=1S/C28H26N6O12/c1-14(16-7-19-20(44-13-43-19)8-17(16)34(39)40)45-28(38)42-10-21-18(35)9-23(46-21)33-12-29-24-25(33)31-27(32-26(24)37)30-22(36)11-41-15-5-3-2-4-6-15/h2-8,12,14,18,21,23,35H,9-11,13H2,1H3,(H2,30,31,32,36,37)/t14?,18-,21+,23+/m0/s1. The fourth-order valence-electron chi connectivity index (χ4n) is 4.89. The number of carbonyl (C=O) groups is 2. The topological polar surface area (TPSA) is 228 Å². The first-order chi connectivity index (χ1) is 22.2. The molecule has 18 heteroatoms. The highest BCUT2D eigenvalue weighted by molar-refractivity contribution is 5.90. The van der Waals surface area contributed by atoms with E-state index < -0.39 is 53.7 Å². The van der Waals surface area contributed by atoms with Crippen LogP contribution in [-0.4, -0.2) is 73.8 Å². The van der Waals surface area contributed by atoms with E-state index in [1.54, 1.807) is 30.3 Å². The normalized spacial score (nSPS) is 19.0. The molecular weight excluding hydrogens is 612 g/mol. The third-order valence-corrected chi connectivity index (χ3v) is 7.11. The molecule has 0 saturated carbocycles. The van der Waals surface area contributed by atoms with Crippen molar-refractivity contribution in [1.82, 2.24) is 19.5 Å². The first kappa shape index (κ1) is 30.3. The van der Waals surface area contributed by atoms with Gasteiger partial charge in [0.05, 0.1) is 29.0 Å². The molecule has 46 heavy (non-hydrogen) atoms.